The lowest BCUT2D eigenvalue weighted by molar-refractivity contribution is -0.126. The third-order valence-electron chi connectivity index (χ3n) is 3.46. The number of benzene rings is 2. The van der Waals surface area contributed by atoms with Gasteiger partial charge in [0.25, 0.3) is 5.91 Å². The smallest absolute Gasteiger partial charge is 0.342 e. The topological polar surface area (TPSA) is 66.8 Å². The minimum atomic E-state index is -0.993. The monoisotopic (exact) mass is 347 g/mol. The summed E-state index contributed by atoms with van der Waals surface area (Å²) in [5.41, 5.74) is 0.684. The van der Waals surface area contributed by atoms with Gasteiger partial charge in [-0.1, -0.05) is 29.8 Å². The molecule has 0 fully saturated rings. The Morgan fingerprint density at radius 3 is 2.46 bits per heavy atom. The Hall–Kier alpha value is -2.53. The first-order valence-corrected chi connectivity index (χ1v) is 7.87. The number of hydrogen-bond acceptors (Lipinski definition) is 4. The number of rotatable bonds is 5. The van der Waals surface area contributed by atoms with E-state index in [-0.39, 0.29) is 17.2 Å². The lowest BCUT2D eigenvalue weighted by Gasteiger charge is -2.24. The van der Waals surface area contributed by atoms with Gasteiger partial charge in [0.2, 0.25) is 0 Å². The van der Waals surface area contributed by atoms with Crippen LogP contribution in [0.2, 0.25) is 5.02 Å². The number of nitrogens with zero attached hydrogens (tertiary/aromatic N) is 1. The standard InChI is InChI=1S/C18H18ClNO4/c1-3-20(14-7-5-4-6-8-14)17(22)12(2)24-18(23)15-10-9-13(19)11-16(15)21/h4-12,21H,3H2,1-2H3/t12-/m0/s1. The molecule has 2 aromatic carbocycles. The summed E-state index contributed by atoms with van der Waals surface area (Å²) in [4.78, 5) is 26.2. The van der Waals surface area contributed by atoms with E-state index in [1.807, 2.05) is 25.1 Å². The van der Waals surface area contributed by atoms with E-state index in [2.05, 4.69) is 0 Å². The van der Waals surface area contributed by atoms with Gasteiger partial charge in [0.05, 0.1) is 0 Å². The van der Waals surface area contributed by atoms with Crippen LogP contribution in [-0.2, 0) is 9.53 Å². The molecule has 2 aromatic rings. The Balaban J connectivity index is 2.11. The fourth-order valence-electron chi connectivity index (χ4n) is 2.24. The third-order valence-corrected chi connectivity index (χ3v) is 3.70. The minimum Gasteiger partial charge on any atom is -0.507 e. The van der Waals surface area contributed by atoms with Crippen molar-refractivity contribution in [3.63, 3.8) is 0 Å². The molecule has 0 aromatic heterocycles. The second kappa shape index (κ2) is 7.84. The molecule has 6 heteroatoms. The molecule has 0 saturated carbocycles. The zero-order valence-electron chi connectivity index (χ0n) is 13.4. The van der Waals surface area contributed by atoms with Crippen LogP contribution in [0.5, 0.6) is 5.75 Å². The fraction of sp³-hybridized carbons (Fsp3) is 0.222. The number of para-hydroxylation sites is 1. The molecule has 0 bridgehead atoms. The molecule has 0 radical (unpaired) electrons. The van der Waals surface area contributed by atoms with Gasteiger partial charge in [-0.15, -0.1) is 0 Å². The van der Waals surface area contributed by atoms with Crippen molar-refractivity contribution in [2.24, 2.45) is 0 Å². The molecule has 0 saturated heterocycles. The highest BCUT2D eigenvalue weighted by Crippen LogP contribution is 2.23. The second-order valence-corrected chi connectivity index (χ2v) is 5.56. The van der Waals surface area contributed by atoms with Gasteiger partial charge in [-0.3, -0.25) is 4.79 Å². The van der Waals surface area contributed by atoms with Gasteiger partial charge in [0.15, 0.2) is 6.10 Å². The normalized spacial score (nSPS) is 11.6. The van der Waals surface area contributed by atoms with E-state index in [1.54, 1.807) is 12.1 Å². The molecule has 0 heterocycles. The van der Waals surface area contributed by atoms with Crippen molar-refractivity contribution in [2.45, 2.75) is 20.0 Å². The maximum Gasteiger partial charge on any atom is 0.342 e. The molecular formula is C18H18ClNO4. The summed E-state index contributed by atoms with van der Waals surface area (Å²) in [7, 11) is 0. The second-order valence-electron chi connectivity index (χ2n) is 5.13. The molecule has 0 aliphatic heterocycles. The molecule has 0 aliphatic carbocycles. The van der Waals surface area contributed by atoms with Gasteiger partial charge >= 0.3 is 5.97 Å². The summed E-state index contributed by atoms with van der Waals surface area (Å²) in [6.45, 7) is 3.78. The van der Waals surface area contributed by atoms with Crippen molar-refractivity contribution in [3.05, 3.63) is 59.1 Å². The zero-order valence-corrected chi connectivity index (χ0v) is 14.2. The highest BCUT2D eigenvalue weighted by atomic mass is 35.5. The molecule has 0 unspecified atom stereocenters. The van der Waals surface area contributed by atoms with Gasteiger partial charge in [-0.2, -0.15) is 0 Å². The van der Waals surface area contributed by atoms with Crippen LogP contribution in [0.4, 0.5) is 5.69 Å². The number of anilines is 1. The summed E-state index contributed by atoms with van der Waals surface area (Å²) in [5.74, 6) is -1.41. The molecule has 1 atom stereocenters. The van der Waals surface area contributed by atoms with Crippen LogP contribution in [0.1, 0.15) is 24.2 Å². The number of hydrogen-bond donors (Lipinski definition) is 1. The molecule has 0 aliphatic rings. The molecule has 5 nitrogen and oxygen atoms in total. The van der Waals surface area contributed by atoms with Crippen molar-refractivity contribution in [1.82, 2.24) is 0 Å². The Kier molecular flexibility index (Phi) is 5.82. The van der Waals surface area contributed by atoms with Crippen molar-refractivity contribution < 1.29 is 19.4 Å². The lowest BCUT2D eigenvalue weighted by Crippen LogP contribution is -2.40. The molecule has 1 amide bonds. The van der Waals surface area contributed by atoms with Gasteiger partial charge in [0, 0.05) is 17.3 Å². The summed E-state index contributed by atoms with van der Waals surface area (Å²) in [5, 5.41) is 10.1. The Bertz CT molecular complexity index is 733. The predicted molar refractivity (Wildman–Crippen MR) is 92.5 cm³/mol. The minimum absolute atomic E-state index is 0.0400. The van der Waals surface area contributed by atoms with E-state index in [0.29, 0.717) is 11.6 Å². The summed E-state index contributed by atoms with van der Waals surface area (Å²) >= 11 is 5.73. The predicted octanol–water partition coefficient (Wildman–Crippen LogP) is 3.64. The van der Waals surface area contributed by atoms with Crippen LogP contribution in [0.15, 0.2) is 48.5 Å². The van der Waals surface area contributed by atoms with Crippen LogP contribution in [-0.4, -0.2) is 29.6 Å². The van der Waals surface area contributed by atoms with Crippen molar-refractivity contribution in [3.8, 4) is 5.75 Å². The number of esters is 1. The molecule has 2 rings (SSSR count). The van der Waals surface area contributed by atoms with Crippen molar-refractivity contribution in [2.75, 3.05) is 11.4 Å². The first-order valence-electron chi connectivity index (χ1n) is 7.50. The van der Waals surface area contributed by atoms with E-state index in [9.17, 15) is 14.7 Å². The van der Waals surface area contributed by atoms with E-state index in [4.69, 9.17) is 16.3 Å². The summed E-state index contributed by atoms with van der Waals surface area (Å²) in [6.07, 6.45) is -0.993. The van der Waals surface area contributed by atoms with Crippen LogP contribution < -0.4 is 4.90 Å². The van der Waals surface area contributed by atoms with Crippen LogP contribution >= 0.6 is 11.6 Å². The number of phenols is 1. The first-order chi connectivity index (χ1) is 11.4. The van der Waals surface area contributed by atoms with E-state index >= 15 is 0 Å². The zero-order chi connectivity index (χ0) is 17.7. The van der Waals surface area contributed by atoms with E-state index in [0.717, 1.165) is 5.69 Å². The van der Waals surface area contributed by atoms with Crippen molar-refractivity contribution >= 4 is 29.2 Å². The van der Waals surface area contributed by atoms with Crippen LogP contribution in [0.25, 0.3) is 0 Å². The largest absolute Gasteiger partial charge is 0.507 e. The maximum atomic E-state index is 12.5. The maximum absolute atomic E-state index is 12.5. The van der Waals surface area contributed by atoms with E-state index in [1.165, 1.54) is 30.0 Å². The van der Waals surface area contributed by atoms with E-state index < -0.39 is 12.1 Å². The average molecular weight is 348 g/mol. The number of likely N-dealkylation sites (N-methyl/N-ethyl adjacent to an activating group) is 1. The Morgan fingerprint density at radius 1 is 1.21 bits per heavy atom. The third kappa shape index (κ3) is 4.06. The van der Waals surface area contributed by atoms with Gasteiger partial charge < -0.3 is 14.7 Å². The summed E-state index contributed by atoms with van der Waals surface area (Å²) in [6, 6.07) is 13.2. The molecule has 0 spiro atoms. The SMILES string of the molecule is CCN(C(=O)[C@H](C)OC(=O)c1ccc(Cl)cc1O)c1ccccc1. The number of amides is 1. The highest BCUT2D eigenvalue weighted by Gasteiger charge is 2.25. The highest BCUT2D eigenvalue weighted by molar-refractivity contribution is 6.30. The van der Waals surface area contributed by atoms with Crippen molar-refractivity contribution in [1.29, 1.82) is 0 Å². The van der Waals surface area contributed by atoms with Gasteiger partial charge in [-0.25, -0.2) is 4.79 Å². The Labute approximate surface area is 145 Å². The molecule has 126 valence electrons. The lowest BCUT2D eigenvalue weighted by atomic mass is 10.2. The number of phenolic OH excluding ortho intramolecular Hbond substituents is 1. The number of carbonyl (C=O) groups excluding carboxylic acids is 2. The molecular weight excluding hydrogens is 330 g/mol. The average Bonchev–Trinajstić information content (AvgIpc) is 2.56. The van der Waals surface area contributed by atoms with Gasteiger partial charge in [-0.05, 0) is 44.2 Å². The van der Waals surface area contributed by atoms with Crippen LogP contribution in [0, 0.1) is 0 Å². The quantitative estimate of drug-likeness (QED) is 0.838. The van der Waals surface area contributed by atoms with Gasteiger partial charge in [0.1, 0.15) is 11.3 Å². The Morgan fingerprint density at radius 2 is 1.88 bits per heavy atom. The fourth-order valence-corrected chi connectivity index (χ4v) is 2.41. The summed E-state index contributed by atoms with van der Waals surface area (Å²) < 4.78 is 5.19. The molecule has 24 heavy (non-hydrogen) atoms. The first kappa shape index (κ1) is 17.8. The van der Waals surface area contributed by atoms with Crippen LogP contribution in [0.3, 0.4) is 0 Å². The number of aromatic hydroxyl groups is 1. The number of carbonyl (C=O) groups is 2. The number of ether oxygens (including phenoxy) is 1. The molecule has 1 N–H and O–H groups in total. The number of halogens is 1.